The predicted octanol–water partition coefficient (Wildman–Crippen LogP) is 4.26. The van der Waals surface area contributed by atoms with Gasteiger partial charge in [-0.3, -0.25) is 4.79 Å². The molecule has 1 heterocycles. The summed E-state index contributed by atoms with van der Waals surface area (Å²) >= 11 is 1.32. The zero-order valence-corrected chi connectivity index (χ0v) is 18.4. The van der Waals surface area contributed by atoms with Gasteiger partial charge in [-0.1, -0.05) is 49.9 Å². The Bertz CT molecular complexity index is 986. The molecule has 0 spiro atoms. The molecule has 158 valence electrons. The first-order valence-corrected chi connectivity index (χ1v) is 10.6. The average Bonchev–Trinajstić information content (AvgIpc) is 3.11. The number of methoxy groups -OCH3 is 1. The van der Waals surface area contributed by atoms with Crippen LogP contribution in [0.25, 0.3) is 0 Å². The quantitative estimate of drug-likeness (QED) is 0.515. The highest BCUT2D eigenvalue weighted by molar-refractivity contribution is 7.99. The van der Waals surface area contributed by atoms with E-state index in [1.807, 2.05) is 35.9 Å². The van der Waals surface area contributed by atoms with Gasteiger partial charge >= 0.3 is 0 Å². The highest BCUT2D eigenvalue weighted by Crippen LogP contribution is 2.24. The summed E-state index contributed by atoms with van der Waals surface area (Å²) in [6.07, 6.45) is 0. The van der Waals surface area contributed by atoms with Crippen LogP contribution in [0.2, 0.25) is 0 Å². The third-order valence-electron chi connectivity index (χ3n) is 4.55. The van der Waals surface area contributed by atoms with Gasteiger partial charge in [-0.25, -0.2) is 0 Å². The lowest BCUT2D eigenvalue weighted by Crippen LogP contribution is -2.15. The average molecular weight is 427 g/mol. The maximum absolute atomic E-state index is 12.3. The number of hydrogen-bond acceptors (Lipinski definition) is 6. The van der Waals surface area contributed by atoms with Crippen molar-refractivity contribution >= 4 is 23.4 Å². The molecule has 2 aromatic carbocycles. The summed E-state index contributed by atoms with van der Waals surface area (Å²) < 4.78 is 12.9. The standard InChI is InChI=1S/C22H26N4O3S/c1-15(2)16-9-11-17(12-10-16)29-13-20-24-25-22(26(20)3)30-14-21(27)23-18-7-5-6-8-19(18)28-4/h5-12,15H,13-14H2,1-4H3,(H,23,27). The highest BCUT2D eigenvalue weighted by Gasteiger charge is 2.13. The summed E-state index contributed by atoms with van der Waals surface area (Å²) in [6, 6.07) is 15.4. The zero-order chi connectivity index (χ0) is 21.5. The van der Waals surface area contributed by atoms with Crippen molar-refractivity contribution in [3.8, 4) is 11.5 Å². The van der Waals surface area contributed by atoms with Crippen molar-refractivity contribution in [3.63, 3.8) is 0 Å². The molecule has 0 fully saturated rings. The van der Waals surface area contributed by atoms with Crippen molar-refractivity contribution in [2.24, 2.45) is 7.05 Å². The van der Waals surface area contributed by atoms with Crippen molar-refractivity contribution in [2.75, 3.05) is 18.2 Å². The molecule has 8 heteroatoms. The molecule has 1 N–H and O–H groups in total. The number of thioether (sulfide) groups is 1. The van der Waals surface area contributed by atoms with E-state index in [1.54, 1.807) is 19.2 Å². The van der Waals surface area contributed by atoms with Crippen LogP contribution in [-0.2, 0) is 18.4 Å². The van der Waals surface area contributed by atoms with E-state index in [-0.39, 0.29) is 11.7 Å². The summed E-state index contributed by atoms with van der Waals surface area (Å²) in [5.74, 6) is 2.65. The SMILES string of the molecule is COc1ccccc1NC(=O)CSc1nnc(COc2ccc(C(C)C)cc2)n1C. The van der Waals surface area contributed by atoms with Crippen molar-refractivity contribution < 1.29 is 14.3 Å². The molecule has 1 aromatic heterocycles. The summed E-state index contributed by atoms with van der Waals surface area (Å²) in [4.78, 5) is 12.3. The van der Waals surface area contributed by atoms with E-state index in [9.17, 15) is 4.79 Å². The van der Waals surface area contributed by atoms with Crippen LogP contribution in [0.1, 0.15) is 31.2 Å². The van der Waals surface area contributed by atoms with E-state index in [4.69, 9.17) is 9.47 Å². The van der Waals surface area contributed by atoms with E-state index >= 15 is 0 Å². The molecule has 0 atom stereocenters. The molecule has 0 radical (unpaired) electrons. The minimum Gasteiger partial charge on any atom is -0.495 e. The lowest BCUT2D eigenvalue weighted by molar-refractivity contribution is -0.113. The molecule has 0 aliphatic rings. The number of carbonyl (C=O) groups is 1. The Kier molecular flexibility index (Phi) is 7.35. The second kappa shape index (κ2) is 10.2. The first-order chi connectivity index (χ1) is 14.5. The zero-order valence-electron chi connectivity index (χ0n) is 17.6. The van der Waals surface area contributed by atoms with Gasteiger partial charge in [0.15, 0.2) is 11.0 Å². The molecule has 7 nitrogen and oxygen atoms in total. The topological polar surface area (TPSA) is 78.3 Å². The van der Waals surface area contributed by atoms with Gasteiger partial charge in [0.05, 0.1) is 18.6 Å². The first-order valence-electron chi connectivity index (χ1n) is 9.64. The highest BCUT2D eigenvalue weighted by atomic mass is 32.2. The molecule has 0 saturated heterocycles. The van der Waals surface area contributed by atoms with Crippen molar-refractivity contribution in [1.82, 2.24) is 14.8 Å². The van der Waals surface area contributed by atoms with Crippen LogP contribution in [0, 0.1) is 0 Å². The molecule has 0 saturated carbocycles. The number of nitrogens with zero attached hydrogens (tertiary/aromatic N) is 3. The Hall–Kier alpha value is -3.00. The number of carbonyl (C=O) groups excluding carboxylic acids is 1. The van der Waals surface area contributed by atoms with E-state index < -0.39 is 0 Å². The number of benzene rings is 2. The normalized spacial score (nSPS) is 10.8. The minimum absolute atomic E-state index is 0.143. The Morgan fingerprint density at radius 3 is 2.57 bits per heavy atom. The number of ether oxygens (including phenoxy) is 2. The number of aromatic nitrogens is 3. The fraction of sp³-hybridized carbons (Fsp3) is 0.318. The van der Waals surface area contributed by atoms with E-state index in [0.717, 1.165) is 5.75 Å². The van der Waals surface area contributed by atoms with E-state index in [0.29, 0.717) is 34.9 Å². The molecular formula is C22H26N4O3S. The summed E-state index contributed by atoms with van der Waals surface area (Å²) in [5, 5.41) is 11.9. The van der Waals surface area contributed by atoms with Gasteiger partial charge in [-0.2, -0.15) is 0 Å². The minimum atomic E-state index is -0.143. The Morgan fingerprint density at radius 1 is 1.13 bits per heavy atom. The number of hydrogen-bond donors (Lipinski definition) is 1. The Morgan fingerprint density at radius 2 is 1.87 bits per heavy atom. The second-order valence-corrected chi connectivity index (χ2v) is 7.95. The fourth-order valence-electron chi connectivity index (χ4n) is 2.76. The molecule has 0 bridgehead atoms. The number of amides is 1. The van der Waals surface area contributed by atoms with Crippen LogP contribution >= 0.6 is 11.8 Å². The monoisotopic (exact) mass is 426 g/mol. The van der Waals surface area contributed by atoms with Crippen molar-refractivity contribution in [1.29, 1.82) is 0 Å². The molecule has 0 unspecified atom stereocenters. The van der Waals surface area contributed by atoms with Gasteiger partial charge in [0.2, 0.25) is 5.91 Å². The van der Waals surface area contributed by atoms with Gasteiger partial charge in [-0.05, 0) is 35.7 Å². The number of nitrogens with one attached hydrogen (secondary N) is 1. The second-order valence-electron chi connectivity index (χ2n) is 7.01. The molecule has 0 aliphatic carbocycles. The lowest BCUT2D eigenvalue weighted by atomic mass is 10.0. The van der Waals surface area contributed by atoms with Crippen molar-refractivity contribution in [3.05, 3.63) is 59.9 Å². The molecule has 0 aliphatic heterocycles. The summed E-state index contributed by atoms with van der Waals surface area (Å²) in [6.45, 7) is 4.62. The third kappa shape index (κ3) is 5.54. The van der Waals surface area contributed by atoms with Crippen LogP contribution in [-0.4, -0.2) is 33.5 Å². The van der Waals surface area contributed by atoms with Crippen LogP contribution < -0.4 is 14.8 Å². The Labute approximate surface area is 180 Å². The lowest BCUT2D eigenvalue weighted by Gasteiger charge is -2.10. The predicted molar refractivity (Wildman–Crippen MR) is 118 cm³/mol. The molecule has 3 aromatic rings. The van der Waals surface area contributed by atoms with Crippen LogP contribution in [0.3, 0.4) is 0 Å². The van der Waals surface area contributed by atoms with Gasteiger partial charge in [0.25, 0.3) is 0 Å². The largest absolute Gasteiger partial charge is 0.495 e. The maximum atomic E-state index is 12.3. The van der Waals surface area contributed by atoms with Gasteiger partial charge in [-0.15, -0.1) is 10.2 Å². The number of anilines is 1. The van der Waals surface area contributed by atoms with E-state index in [2.05, 4.69) is 41.5 Å². The fourth-order valence-corrected chi connectivity index (χ4v) is 3.49. The van der Waals surface area contributed by atoms with Crippen LogP contribution in [0.4, 0.5) is 5.69 Å². The summed E-state index contributed by atoms with van der Waals surface area (Å²) in [5.41, 5.74) is 1.91. The smallest absolute Gasteiger partial charge is 0.234 e. The molecular weight excluding hydrogens is 400 g/mol. The van der Waals surface area contributed by atoms with Gasteiger partial charge in [0, 0.05) is 7.05 Å². The Balaban J connectivity index is 1.53. The number of para-hydroxylation sites is 2. The molecule has 3 rings (SSSR count). The van der Waals surface area contributed by atoms with Gasteiger partial charge in [0.1, 0.15) is 18.1 Å². The van der Waals surface area contributed by atoms with Crippen molar-refractivity contribution in [2.45, 2.75) is 31.5 Å². The maximum Gasteiger partial charge on any atom is 0.234 e. The molecule has 1 amide bonds. The van der Waals surface area contributed by atoms with Gasteiger partial charge < -0.3 is 19.4 Å². The van der Waals surface area contributed by atoms with Crippen LogP contribution in [0.15, 0.2) is 53.7 Å². The number of rotatable bonds is 9. The molecule has 30 heavy (non-hydrogen) atoms. The van der Waals surface area contributed by atoms with Crippen LogP contribution in [0.5, 0.6) is 11.5 Å². The first kappa shape index (κ1) is 21.7. The third-order valence-corrected chi connectivity index (χ3v) is 5.57. The summed E-state index contributed by atoms with van der Waals surface area (Å²) in [7, 11) is 3.43. The van der Waals surface area contributed by atoms with E-state index in [1.165, 1.54) is 17.3 Å².